The van der Waals surface area contributed by atoms with Crippen LogP contribution in [0.3, 0.4) is 0 Å². The number of aromatic nitrogens is 2. The van der Waals surface area contributed by atoms with Gasteiger partial charge in [-0.3, -0.25) is 4.79 Å². The van der Waals surface area contributed by atoms with Crippen molar-refractivity contribution in [3.8, 4) is 28.3 Å². The first-order valence-electron chi connectivity index (χ1n) is 16.3. The number of thiophene rings is 1. The molecule has 258 valence electrons. The SMILES string of the molecule is C=CC(=O)N1CCC(OC(=O)NCCOCCOc2cc(F)ccc2-c2nnc(-c3ccc4c(c3)CCC(N(C)C)C4)c3c(F)csc23)C1. The maximum atomic E-state index is 15.4. The molecule has 1 N–H and O–H groups in total. The summed E-state index contributed by atoms with van der Waals surface area (Å²) < 4.78 is 47.2. The van der Waals surface area contributed by atoms with Crippen molar-refractivity contribution in [1.29, 1.82) is 0 Å². The van der Waals surface area contributed by atoms with Gasteiger partial charge in [0.05, 0.1) is 29.8 Å². The zero-order chi connectivity index (χ0) is 34.5. The Balaban J connectivity index is 1.07. The van der Waals surface area contributed by atoms with Crippen molar-refractivity contribution in [3.63, 3.8) is 0 Å². The Morgan fingerprint density at radius 1 is 1.08 bits per heavy atom. The molecule has 2 aromatic carbocycles. The molecule has 49 heavy (non-hydrogen) atoms. The summed E-state index contributed by atoms with van der Waals surface area (Å²) >= 11 is 1.22. The number of rotatable bonds is 12. The predicted octanol–water partition coefficient (Wildman–Crippen LogP) is 5.63. The number of likely N-dealkylation sites (tertiary alicyclic amines) is 1. The van der Waals surface area contributed by atoms with Gasteiger partial charge >= 0.3 is 6.09 Å². The van der Waals surface area contributed by atoms with Gasteiger partial charge in [-0.15, -0.1) is 21.5 Å². The highest BCUT2D eigenvalue weighted by molar-refractivity contribution is 7.17. The molecule has 2 aromatic heterocycles. The van der Waals surface area contributed by atoms with Crippen molar-refractivity contribution in [2.45, 2.75) is 37.8 Å². The molecule has 1 fully saturated rings. The summed E-state index contributed by atoms with van der Waals surface area (Å²) in [6.07, 6.45) is 3.82. The van der Waals surface area contributed by atoms with Crippen LogP contribution in [0.4, 0.5) is 13.6 Å². The number of carbonyl (C=O) groups excluding carboxylic acids is 2. The number of carbonyl (C=O) groups is 2. The molecule has 0 bridgehead atoms. The summed E-state index contributed by atoms with van der Waals surface area (Å²) in [6, 6.07) is 10.8. The third kappa shape index (κ3) is 7.90. The molecule has 13 heteroatoms. The monoisotopic (exact) mass is 691 g/mol. The second kappa shape index (κ2) is 15.4. The average molecular weight is 692 g/mol. The fourth-order valence-corrected chi connectivity index (χ4v) is 7.24. The molecule has 2 atom stereocenters. The van der Waals surface area contributed by atoms with Crippen LogP contribution in [0.1, 0.15) is 24.0 Å². The standard InChI is InChI=1S/C36H39F2N5O5S/c1-4-31(44)43-13-11-27(20-43)48-36(45)39-12-14-46-15-16-47-30-19-25(37)8-10-28(30)34-35-32(29(38)21-49-35)33(40-41-34)24-6-5-23-18-26(42(2)3)9-7-22(23)17-24/h4-6,8,10,17,19,21,26-27H,1,7,9,11-16,18,20H2,2-3H3,(H,39,45). The molecule has 0 saturated carbocycles. The fourth-order valence-electron chi connectivity index (χ4n) is 6.33. The summed E-state index contributed by atoms with van der Waals surface area (Å²) in [7, 11) is 4.21. The van der Waals surface area contributed by atoms with E-state index in [0.29, 0.717) is 52.6 Å². The number of likely N-dealkylation sites (N-methyl/N-ethyl adjacent to an activating group) is 1. The summed E-state index contributed by atoms with van der Waals surface area (Å²) in [6.45, 7) is 4.97. The number of nitrogens with zero attached hydrogens (tertiary/aromatic N) is 4. The Labute approximate surface area is 287 Å². The van der Waals surface area contributed by atoms with Crippen molar-refractivity contribution < 1.29 is 32.6 Å². The lowest BCUT2D eigenvalue weighted by Gasteiger charge is -2.30. The van der Waals surface area contributed by atoms with E-state index in [9.17, 15) is 14.0 Å². The van der Waals surface area contributed by atoms with E-state index in [1.54, 1.807) is 11.0 Å². The van der Waals surface area contributed by atoms with Crippen LogP contribution in [0.25, 0.3) is 32.6 Å². The lowest BCUT2D eigenvalue weighted by molar-refractivity contribution is -0.125. The minimum absolute atomic E-state index is 0.0907. The first-order valence-corrected chi connectivity index (χ1v) is 17.2. The van der Waals surface area contributed by atoms with Gasteiger partial charge in [-0.1, -0.05) is 18.7 Å². The van der Waals surface area contributed by atoms with E-state index in [2.05, 4.69) is 53.2 Å². The molecule has 2 aliphatic rings. The molecule has 6 rings (SSSR count). The lowest BCUT2D eigenvalue weighted by Crippen LogP contribution is -2.34. The van der Waals surface area contributed by atoms with E-state index in [4.69, 9.17) is 14.2 Å². The molecule has 2 unspecified atom stereocenters. The predicted molar refractivity (Wildman–Crippen MR) is 184 cm³/mol. The fraction of sp³-hybridized carbons (Fsp3) is 0.389. The molecule has 4 aromatic rings. The number of ether oxygens (including phenoxy) is 3. The van der Waals surface area contributed by atoms with Gasteiger partial charge in [0.1, 0.15) is 41.5 Å². The zero-order valence-electron chi connectivity index (χ0n) is 27.5. The van der Waals surface area contributed by atoms with Crippen LogP contribution in [0.15, 0.2) is 54.4 Å². The van der Waals surface area contributed by atoms with Gasteiger partial charge in [0.25, 0.3) is 0 Å². The Hall–Kier alpha value is -4.46. The first kappa shape index (κ1) is 34.4. The molecule has 2 amide bonds. The number of halogens is 2. The number of fused-ring (bicyclic) bond motifs is 2. The van der Waals surface area contributed by atoms with Crippen molar-refractivity contribution in [2.24, 2.45) is 0 Å². The molecular weight excluding hydrogens is 652 g/mol. The number of aryl methyl sites for hydroxylation is 1. The van der Waals surface area contributed by atoms with Crippen molar-refractivity contribution in [3.05, 3.63) is 77.2 Å². The largest absolute Gasteiger partial charge is 0.490 e. The van der Waals surface area contributed by atoms with Gasteiger partial charge < -0.3 is 29.3 Å². The number of hydrogen-bond acceptors (Lipinski definition) is 9. The quantitative estimate of drug-likeness (QED) is 0.151. The third-order valence-corrected chi connectivity index (χ3v) is 9.92. The average Bonchev–Trinajstić information content (AvgIpc) is 3.73. The number of amides is 2. The summed E-state index contributed by atoms with van der Waals surface area (Å²) in [5.74, 6) is -0.843. The Kier molecular flexibility index (Phi) is 10.8. The van der Waals surface area contributed by atoms with Crippen LogP contribution >= 0.6 is 11.3 Å². The molecule has 1 saturated heterocycles. The molecule has 0 spiro atoms. The molecule has 1 aliphatic carbocycles. The van der Waals surface area contributed by atoms with Crippen LogP contribution < -0.4 is 10.1 Å². The second-order valence-electron chi connectivity index (χ2n) is 12.4. The van der Waals surface area contributed by atoms with E-state index in [1.165, 1.54) is 46.1 Å². The first-order chi connectivity index (χ1) is 23.7. The van der Waals surface area contributed by atoms with Gasteiger partial charge in [-0.25, -0.2) is 13.6 Å². The van der Waals surface area contributed by atoms with E-state index < -0.39 is 11.9 Å². The topological polar surface area (TPSA) is 106 Å². The summed E-state index contributed by atoms with van der Waals surface area (Å²) in [4.78, 5) is 27.6. The van der Waals surface area contributed by atoms with Crippen LogP contribution in [0.5, 0.6) is 5.75 Å². The van der Waals surface area contributed by atoms with Crippen molar-refractivity contribution >= 4 is 33.4 Å². The molecular formula is C36H39F2N5O5S. The maximum Gasteiger partial charge on any atom is 0.407 e. The third-order valence-electron chi connectivity index (χ3n) is 8.97. The number of nitrogens with one attached hydrogen (secondary N) is 1. The molecule has 3 heterocycles. The van der Waals surface area contributed by atoms with E-state index in [1.807, 2.05) is 6.07 Å². The van der Waals surface area contributed by atoms with E-state index in [-0.39, 0.29) is 49.9 Å². The van der Waals surface area contributed by atoms with Crippen LogP contribution in [-0.4, -0.2) is 97.7 Å². The minimum atomic E-state index is -0.588. The molecule has 10 nitrogen and oxygen atoms in total. The minimum Gasteiger partial charge on any atom is -0.490 e. The van der Waals surface area contributed by atoms with Crippen LogP contribution in [0, 0.1) is 11.6 Å². The number of hydrogen-bond donors (Lipinski definition) is 1. The Morgan fingerprint density at radius 2 is 1.92 bits per heavy atom. The smallest absolute Gasteiger partial charge is 0.407 e. The van der Waals surface area contributed by atoms with Gasteiger partial charge in [-0.2, -0.15) is 0 Å². The van der Waals surface area contributed by atoms with E-state index in [0.717, 1.165) is 24.8 Å². The van der Waals surface area contributed by atoms with Gasteiger partial charge in [-0.05, 0) is 68.8 Å². The van der Waals surface area contributed by atoms with Gasteiger partial charge in [0, 0.05) is 48.1 Å². The van der Waals surface area contributed by atoms with Crippen molar-refractivity contribution in [2.75, 3.05) is 53.6 Å². The highest BCUT2D eigenvalue weighted by Gasteiger charge is 2.28. The highest BCUT2D eigenvalue weighted by Crippen LogP contribution is 2.41. The Morgan fingerprint density at radius 3 is 2.73 bits per heavy atom. The molecule has 0 radical (unpaired) electrons. The molecule has 1 aliphatic heterocycles. The van der Waals surface area contributed by atoms with Gasteiger partial charge in [0.15, 0.2) is 0 Å². The normalized spacial score (nSPS) is 17.3. The van der Waals surface area contributed by atoms with Crippen LogP contribution in [-0.2, 0) is 27.1 Å². The van der Waals surface area contributed by atoms with Gasteiger partial charge in [0.2, 0.25) is 5.91 Å². The van der Waals surface area contributed by atoms with Crippen LogP contribution in [0.2, 0.25) is 0 Å². The number of alkyl carbamates (subject to hydrolysis) is 1. The maximum absolute atomic E-state index is 15.4. The zero-order valence-corrected chi connectivity index (χ0v) is 28.4. The van der Waals surface area contributed by atoms with Crippen molar-refractivity contribution in [1.82, 2.24) is 25.3 Å². The Bertz CT molecular complexity index is 1850. The summed E-state index contributed by atoms with van der Waals surface area (Å²) in [5, 5.41) is 13.5. The number of benzene rings is 2. The highest BCUT2D eigenvalue weighted by atomic mass is 32.1. The summed E-state index contributed by atoms with van der Waals surface area (Å²) in [5.41, 5.74) is 4.71. The second-order valence-corrected chi connectivity index (χ2v) is 13.2. The van der Waals surface area contributed by atoms with E-state index >= 15 is 4.39 Å². The lowest BCUT2D eigenvalue weighted by atomic mass is 9.86.